The van der Waals surface area contributed by atoms with E-state index in [0.29, 0.717) is 17.2 Å². The van der Waals surface area contributed by atoms with Crippen LogP contribution >= 0.6 is 11.3 Å². The van der Waals surface area contributed by atoms with Gasteiger partial charge in [0.25, 0.3) is 5.91 Å². The monoisotopic (exact) mass is 197 g/mol. The predicted octanol–water partition coefficient (Wildman–Crippen LogP) is 1.67. The lowest BCUT2D eigenvalue weighted by Crippen LogP contribution is -2.21. The second-order valence-electron chi connectivity index (χ2n) is 2.35. The Morgan fingerprint density at radius 3 is 3.15 bits per heavy atom. The minimum Gasteiger partial charge on any atom is -0.496 e. The third-order valence-corrected chi connectivity index (χ3v) is 2.35. The summed E-state index contributed by atoms with van der Waals surface area (Å²) in [5.41, 5.74) is 0. The number of rotatable bonds is 4. The maximum Gasteiger partial charge on any atom is 0.261 e. The summed E-state index contributed by atoms with van der Waals surface area (Å²) in [6, 6.07) is 1.71. The third-order valence-electron chi connectivity index (χ3n) is 1.44. The maximum absolute atomic E-state index is 11.3. The highest BCUT2D eigenvalue weighted by Crippen LogP contribution is 2.20. The zero-order valence-corrected chi connectivity index (χ0v) is 8.19. The van der Waals surface area contributed by atoms with Crippen molar-refractivity contribution in [2.75, 3.05) is 13.7 Å². The fourth-order valence-corrected chi connectivity index (χ4v) is 1.57. The summed E-state index contributed by atoms with van der Waals surface area (Å²) in [5, 5.41) is 4.48. The number of hydrogen-bond donors (Lipinski definition) is 1. The largest absolute Gasteiger partial charge is 0.496 e. The molecule has 1 aromatic heterocycles. The van der Waals surface area contributed by atoms with Crippen LogP contribution in [0, 0.1) is 0 Å². The van der Waals surface area contributed by atoms with Gasteiger partial charge in [0.15, 0.2) is 0 Å². The highest BCUT2D eigenvalue weighted by Gasteiger charge is 2.07. The number of hydrogen-bond acceptors (Lipinski definition) is 3. The minimum absolute atomic E-state index is 0.0896. The van der Waals surface area contributed by atoms with E-state index in [4.69, 9.17) is 4.74 Å². The normalized spacial score (nSPS) is 9.31. The van der Waals surface area contributed by atoms with Crippen LogP contribution in [0.15, 0.2) is 24.1 Å². The summed E-state index contributed by atoms with van der Waals surface area (Å²) in [4.78, 5) is 12.0. The topological polar surface area (TPSA) is 38.3 Å². The van der Waals surface area contributed by atoms with Crippen LogP contribution < -0.4 is 10.1 Å². The van der Waals surface area contributed by atoms with Crippen LogP contribution in [0.1, 0.15) is 9.67 Å². The molecule has 13 heavy (non-hydrogen) atoms. The molecule has 1 heterocycles. The first-order valence-corrected chi connectivity index (χ1v) is 4.67. The summed E-state index contributed by atoms with van der Waals surface area (Å²) >= 11 is 1.36. The highest BCUT2D eigenvalue weighted by molar-refractivity contribution is 7.12. The average Bonchev–Trinajstić information content (AvgIpc) is 2.62. The number of thiophene rings is 1. The first-order valence-electron chi connectivity index (χ1n) is 3.79. The van der Waals surface area contributed by atoms with Crippen LogP contribution in [0.2, 0.25) is 0 Å². The van der Waals surface area contributed by atoms with Crippen molar-refractivity contribution in [1.82, 2.24) is 5.32 Å². The Bertz CT molecular complexity index is 306. The number of carbonyl (C=O) groups is 1. The summed E-state index contributed by atoms with van der Waals surface area (Å²) in [7, 11) is 1.58. The van der Waals surface area contributed by atoms with Crippen LogP contribution in [-0.4, -0.2) is 19.6 Å². The molecule has 3 nitrogen and oxygen atoms in total. The number of nitrogens with one attached hydrogen (secondary N) is 1. The molecular weight excluding hydrogens is 186 g/mol. The van der Waals surface area contributed by atoms with E-state index in [-0.39, 0.29) is 5.91 Å². The van der Waals surface area contributed by atoms with Gasteiger partial charge in [-0.15, -0.1) is 17.9 Å². The highest BCUT2D eigenvalue weighted by atomic mass is 32.1. The number of amides is 1. The van der Waals surface area contributed by atoms with Crippen LogP contribution in [0.25, 0.3) is 0 Å². The number of methoxy groups -OCH3 is 1. The molecule has 0 aromatic carbocycles. The Morgan fingerprint density at radius 2 is 2.62 bits per heavy atom. The van der Waals surface area contributed by atoms with E-state index in [1.807, 2.05) is 0 Å². The van der Waals surface area contributed by atoms with Crippen LogP contribution in [0.4, 0.5) is 0 Å². The molecule has 4 heteroatoms. The first-order chi connectivity index (χ1) is 6.27. The van der Waals surface area contributed by atoms with E-state index >= 15 is 0 Å². The molecule has 0 spiro atoms. The maximum atomic E-state index is 11.3. The van der Waals surface area contributed by atoms with Gasteiger partial charge in [-0.3, -0.25) is 4.79 Å². The average molecular weight is 197 g/mol. The van der Waals surface area contributed by atoms with Crippen molar-refractivity contribution in [1.29, 1.82) is 0 Å². The number of ether oxygens (including phenoxy) is 1. The van der Waals surface area contributed by atoms with Crippen molar-refractivity contribution < 1.29 is 9.53 Å². The lowest BCUT2D eigenvalue weighted by molar-refractivity contribution is 0.0962. The molecule has 1 N–H and O–H groups in total. The summed E-state index contributed by atoms with van der Waals surface area (Å²) in [6.45, 7) is 4.00. The van der Waals surface area contributed by atoms with Gasteiger partial charge in [-0.2, -0.15) is 0 Å². The van der Waals surface area contributed by atoms with E-state index in [1.165, 1.54) is 11.3 Å². The third kappa shape index (κ3) is 2.59. The summed E-state index contributed by atoms with van der Waals surface area (Å²) in [6.07, 6.45) is 1.64. The van der Waals surface area contributed by atoms with Crippen LogP contribution in [0.5, 0.6) is 5.75 Å². The lowest BCUT2D eigenvalue weighted by atomic mass is 10.4. The van der Waals surface area contributed by atoms with Gasteiger partial charge in [0.1, 0.15) is 5.75 Å². The van der Waals surface area contributed by atoms with Crippen molar-refractivity contribution in [2.24, 2.45) is 0 Å². The van der Waals surface area contributed by atoms with Crippen LogP contribution in [-0.2, 0) is 0 Å². The molecule has 0 bridgehead atoms. The van der Waals surface area contributed by atoms with Crippen molar-refractivity contribution in [3.8, 4) is 5.75 Å². The molecule has 0 atom stereocenters. The Labute approximate surface area is 81.0 Å². The molecular formula is C9H11NO2S. The zero-order valence-electron chi connectivity index (χ0n) is 7.37. The van der Waals surface area contributed by atoms with Crippen molar-refractivity contribution in [3.05, 3.63) is 29.0 Å². The fourth-order valence-electron chi connectivity index (χ4n) is 0.797. The molecule has 1 aromatic rings. The van der Waals surface area contributed by atoms with Gasteiger partial charge in [0, 0.05) is 18.0 Å². The SMILES string of the molecule is C=CCNC(=O)c1cc(OC)cs1. The Kier molecular flexibility index (Phi) is 3.52. The lowest BCUT2D eigenvalue weighted by Gasteiger charge is -1.97. The first kappa shape index (κ1) is 9.80. The molecule has 0 aliphatic heterocycles. The minimum atomic E-state index is -0.0896. The molecule has 0 saturated carbocycles. The van der Waals surface area contributed by atoms with E-state index in [2.05, 4.69) is 11.9 Å². The molecule has 70 valence electrons. The standard InChI is InChI=1S/C9H11NO2S/c1-3-4-10-9(11)8-5-7(12-2)6-13-8/h3,5-6H,1,4H2,2H3,(H,10,11). The van der Waals surface area contributed by atoms with E-state index in [0.717, 1.165) is 0 Å². The van der Waals surface area contributed by atoms with Gasteiger partial charge in [-0.05, 0) is 0 Å². The Morgan fingerprint density at radius 1 is 1.85 bits per heavy atom. The fraction of sp³-hybridized carbons (Fsp3) is 0.222. The second-order valence-corrected chi connectivity index (χ2v) is 3.26. The Hall–Kier alpha value is -1.29. The van der Waals surface area contributed by atoms with Crippen molar-refractivity contribution >= 4 is 17.2 Å². The smallest absolute Gasteiger partial charge is 0.261 e. The van der Waals surface area contributed by atoms with Gasteiger partial charge >= 0.3 is 0 Å². The summed E-state index contributed by atoms with van der Waals surface area (Å²) in [5.74, 6) is 0.627. The van der Waals surface area contributed by atoms with Gasteiger partial charge in [0.2, 0.25) is 0 Å². The molecule has 0 aliphatic rings. The quantitative estimate of drug-likeness (QED) is 0.746. The molecule has 0 aliphatic carbocycles. The Balaban J connectivity index is 2.60. The van der Waals surface area contributed by atoms with Gasteiger partial charge < -0.3 is 10.1 Å². The molecule has 0 fully saturated rings. The van der Waals surface area contributed by atoms with Gasteiger partial charge in [0.05, 0.1) is 12.0 Å². The van der Waals surface area contributed by atoms with E-state index in [1.54, 1.807) is 24.6 Å². The van der Waals surface area contributed by atoms with Crippen molar-refractivity contribution in [2.45, 2.75) is 0 Å². The van der Waals surface area contributed by atoms with E-state index < -0.39 is 0 Å². The molecule has 1 amide bonds. The zero-order chi connectivity index (χ0) is 9.68. The van der Waals surface area contributed by atoms with Gasteiger partial charge in [-0.1, -0.05) is 6.08 Å². The predicted molar refractivity (Wildman–Crippen MR) is 53.4 cm³/mol. The van der Waals surface area contributed by atoms with Crippen LogP contribution in [0.3, 0.4) is 0 Å². The molecule has 0 radical (unpaired) electrons. The molecule has 1 rings (SSSR count). The number of carbonyl (C=O) groups excluding carboxylic acids is 1. The van der Waals surface area contributed by atoms with Crippen molar-refractivity contribution in [3.63, 3.8) is 0 Å². The van der Waals surface area contributed by atoms with E-state index in [9.17, 15) is 4.79 Å². The van der Waals surface area contributed by atoms with Gasteiger partial charge in [-0.25, -0.2) is 0 Å². The molecule has 0 saturated heterocycles. The second kappa shape index (κ2) is 4.67. The summed E-state index contributed by atoms with van der Waals surface area (Å²) < 4.78 is 4.96. The molecule has 0 unspecified atom stereocenters.